The number of hydrogen-bond acceptors (Lipinski definition) is 4. The molecule has 0 aliphatic heterocycles. The van der Waals surface area contributed by atoms with Gasteiger partial charge in [0.25, 0.3) is 0 Å². The maximum Gasteiger partial charge on any atom is 0.240 e. The molecule has 0 radical (unpaired) electrons. The van der Waals surface area contributed by atoms with Gasteiger partial charge >= 0.3 is 0 Å². The van der Waals surface area contributed by atoms with Crippen LogP contribution in [-0.4, -0.2) is 48.2 Å². The van der Waals surface area contributed by atoms with Crippen LogP contribution >= 0.6 is 0 Å². The highest BCUT2D eigenvalue weighted by Gasteiger charge is 2.17. The molecule has 1 aromatic rings. The van der Waals surface area contributed by atoms with Crippen molar-refractivity contribution < 1.29 is 19.1 Å². The van der Waals surface area contributed by atoms with Crippen molar-refractivity contribution in [3.63, 3.8) is 0 Å². The number of likely N-dealkylation sites (N-methyl/N-ethyl adjacent to an activating group) is 1. The van der Waals surface area contributed by atoms with Gasteiger partial charge in [-0.05, 0) is 46.2 Å². The van der Waals surface area contributed by atoms with Crippen LogP contribution in [0.5, 0.6) is 5.75 Å². The Balaban J connectivity index is 2.33. The quantitative estimate of drug-likeness (QED) is 0.578. The molecule has 0 aliphatic rings. The topological polar surface area (TPSA) is 75.7 Å². The molecule has 0 unspecified atom stereocenters. The third kappa shape index (κ3) is 8.33. The molecule has 0 saturated carbocycles. The Bertz CT molecular complexity index is 620. The summed E-state index contributed by atoms with van der Waals surface area (Å²) >= 11 is 0. The maximum absolute atomic E-state index is 12.0. The fourth-order valence-electron chi connectivity index (χ4n) is 2.17. The lowest BCUT2D eigenvalue weighted by atomic mass is 10.1. The van der Waals surface area contributed by atoms with Gasteiger partial charge in [0.15, 0.2) is 5.78 Å². The van der Waals surface area contributed by atoms with E-state index in [-0.39, 0.29) is 29.7 Å². The summed E-state index contributed by atoms with van der Waals surface area (Å²) < 4.78 is 5.57. The van der Waals surface area contributed by atoms with Crippen molar-refractivity contribution in [2.24, 2.45) is 0 Å². The number of amides is 2. The highest BCUT2D eigenvalue weighted by atomic mass is 16.5. The summed E-state index contributed by atoms with van der Waals surface area (Å²) in [6, 6.07) is 6.96. The van der Waals surface area contributed by atoms with Crippen molar-refractivity contribution in [1.29, 1.82) is 0 Å². The Morgan fingerprint density at radius 3 is 2.48 bits per heavy atom. The molecule has 0 saturated heterocycles. The van der Waals surface area contributed by atoms with Gasteiger partial charge in [0.05, 0.1) is 13.2 Å². The highest BCUT2D eigenvalue weighted by molar-refractivity contribution is 5.94. The van der Waals surface area contributed by atoms with E-state index >= 15 is 0 Å². The van der Waals surface area contributed by atoms with Crippen molar-refractivity contribution in [3.8, 4) is 5.75 Å². The molecule has 6 heteroatoms. The molecule has 1 rings (SSSR count). The fraction of sp³-hybridized carbons (Fsp3) is 0.526. The lowest BCUT2D eigenvalue weighted by Crippen LogP contribution is -2.46. The second-order valence-corrected chi connectivity index (χ2v) is 7.08. The zero-order valence-electron chi connectivity index (χ0n) is 15.7. The lowest BCUT2D eigenvalue weighted by Gasteiger charge is -2.23. The SMILES string of the molecule is CC(=O)c1cccc(OCCCC(=O)N(C)CC(=O)NC(C)(C)C)c1. The van der Waals surface area contributed by atoms with Crippen molar-refractivity contribution in [1.82, 2.24) is 10.2 Å². The molecule has 0 bridgehead atoms. The number of nitrogens with zero attached hydrogens (tertiary/aromatic N) is 1. The highest BCUT2D eigenvalue weighted by Crippen LogP contribution is 2.14. The first kappa shape index (κ1) is 20.7. The van der Waals surface area contributed by atoms with Crippen LogP contribution in [0.3, 0.4) is 0 Å². The summed E-state index contributed by atoms with van der Waals surface area (Å²) in [5.74, 6) is 0.305. The van der Waals surface area contributed by atoms with Gasteiger partial charge in [0.2, 0.25) is 11.8 Å². The predicted octanol–water partition coefficient (Wildman–Crippen LogP) is 2.42. The van der Waals surface area contributed by atoms with Crippen LogP contribution in [-0.2, 0) is 9.59 Å². The lowest BCUT2D eigenvalue weighted by molar-refractivity contribution is -0.135. The first-order chi connectivity index (χ1) is 11.6. The zero-order valence-corrected chi connectivity index (χ0v) is 15.7. The minimum atomic E-state index is -0.316. The standard InChI is InChI=1S/C19H28N2O4/c1-14(22)15-8-6-9-16(12-15)25-11-7-10-18(24)21(5)13-17(23)20-19(2,3)4/h6,8-9,12H,7,10-11,13H2,1-5H3,(H,20,23). The van der Waals surface area contributed by atoms with Gasteiger partial charge in [-0.15, -0.1) is 0 Å². The van der Waals surface area contributed by atoms with Gasteiger partial charge in [-0.1, -0.05) is 12.1 Å². The molecule has 6 nitrogen and oxygen atoms in total. The van der Waals surface area contributed by atoms with E-state index in [0.29, 0.717) is 30.8 Å². The summed E-state index contributed by atoms with van der Waals surface area (Å²) in [7, 11) is 1.61. The average Bonchev–Trinajstić information content (AvgIpc) is 2.49. The monoisotopic (exact) mass is 348 g/mol. The van der Waals surface area contributed by atoms with E-state index < -0.39 is 0 Å². The summed E-state index contributed by atoms with van der Waals surface area (Å²) in [6.45, 7) is 7.59. The summed E-state index contributed by atoms with van der Waals surface area (Å²) in [5, 5.41) is 2.82. The molecule has 1 N–H and O–H groups in total. The van der Waals surface area contributed by atoms with E-state index in [4.69, 9.17) is 4.74 Å². The second-order valence-electron chi connectivity index (χ2n) is 7.08. The number of ether oxygens (including phenoxy) is 1. The Morgan fingerprint density at radius 1 is 1.20 bits per heavy atom. The van der Waals surface area contributed by atoms with Crippen molar-refractivity contribution in [2.75, 3.05) is 20.2 Å². The van der Waals surface area contributed by atoms with E-state index in [1.165, 1.54) is 11.8 Å². The largest absolute Gasteiger partial charge is 0.494 e. The third-order valence-electron chi connectivity index (χ3n) is 3.37. The van der Waals surface area contributed by atoms with Gasteiger partial charge in [-0.3, -0.25) is 14.4 Å². The maximum atomic E-state index is 12.0. The fourth-order valence-corrected chi connectivity index (χ4v) is 2.17. The number of rotatable bonds is 8. The molecule has 2 amide bonds. The number of ketones is 1. The Labute approximate surface area is 149 Å². The molecule has 1 aromatic carbocycles. The third-order valence-corrected chi connectivity index (χ3v) is 3.37. The van der Waals surface area contributed by atoms with E-state index in [1.807, 2.05) is 20.8 Å². The molecular weight excluding hydrogens is 320 g/mol. The summed E-state index contributed by atoms with van der Waals surface area (Å²) in [4.78, 5) is 36.6. The molecular formula is C19H28N2O4. The predicted molar refractivity (Wildman–Crippen MR) is 96.7 cm³/mol. The molecule has 0 aromatic heterocycles. The number of nitrogens with one attached hydrogen (secondary N) is 1. The Kier molecular flexibility index (Phi) is 7.61. The van der Waals surface area contributed by atoms with Crippen molar-refractivity contribution in [2.45, 2.75) is 46.1 Å². The number of benzene rings is 1. The Morgan fingerprint density at radius 2 is 1.88 bits per heavy atom. The normalized spacial score (nSPS) is 10.9. The van der Waals surface area contributed by atoms with Gasteiger partial charge in [0.1, 0.15) is 5.75 Å². The average molecular weight is 348 g/mol. The molecule has 0 fully saturated rings. The van der Waals surface area contributed by atoms with E-state index in [2.05, 4.69) is 5.32 Å². The van der Waals surface area contributed by atoms with E-state index in [1.54, 1.807) is 31.3 Å². The van der Waals surface area contributed by atoms with Crippen LogP contribution in [0.1, 0.15) is 50.9 Å². The Hall–Kier alpha value is -2.37. The van der Waals surface area contributed by atoms with Crippen LogP contribution in [0.15, 0.2) is 24.3 Å². The summed E-state index contributed by atoms with van der Waals surface area (Å²) in [5.41, 5.74) is 0.279. The number of carbonyl (C=O) groups excluding carboxylic acids is 3. The second kappa shape index (κ2) is 9.20. The molecule has 0 aliphatic carbocycles. The molecule has 0 heterocycles. The van der Waals surface area contributed by atoms with Crippen molar-refractivity contribution in [3.05, 3.63) is 29.8 Å². The van der Waals surface area contributed by atoms with Crippen LogP contribution in [0, 0.1) is 0 Å². The van der Waals surface area contributed by atoms with Crippen LogP contribution in [0.2, 0.25) is 0 Å². The van der Waals surface area contributed by atoms with Crippen LogP contribution in [0.25, 0.3) is 0 Å². The number of carbonyl (C=O) groups is 3. The van der Waals surface area contributed by atoms with Gasteiger partial charge in [-0.25, -0.2) is 0 Å². The molecule has 138 valence electrons. The van der Waals surface area contributed by atoms with Crippen molar-refractivity contribution >= 4 is 17.6 Å². The van der Waals surface area contributed by atoms with Gasteiger partial charge < -0.3 is 15.0 Å². The number of Topliss-reactive ketones (excluding diaryl/α,β-unsaturated/α-hetero) is 1. The first-order valence-electron chi connectivity index (χ1n) is 8.37. The summed E-state index contributed by atoms with van der Waals surface area (Å²) in [6.07, 6.45) is 0.833. The van der Waals surface area contributed by atoms with Crippen LogP contribution < -0.4 is 10.1 Å². The zero-order chi connectivity index (χ0) is 19.0. The molecule has 0 spiro atoms. The minimum absolute atomic E-state index is 0.0178. The number of hydrogen-bond donors (Lipinski definition) is 1. The van der Waals surface area contributed by atoms with Crippen LogP contribution in [0.4, 0.5) is 0 Å². The van der Waals surface area contributed by atoms with E-state index in [9.17, 15) is 14.4 Å². The van der Waals surface area contributed by atoms with Gasteiger partial charge in [-0.2, -0.15) is 0 Å². The molecule has 25 heavy (non-hydrogen) atoms. The minimum Gasteiger partial charge on any atom is -0.494 e. The smallest absolute Gasteiger partial charge is 0.240 e. The first-order valence-corrected chi connectivity index (χ1v) is 8.37. The van der Waals surface area contributed by atoms with E-state index in [0.717, 1.165) is 0 Å². The van der Waals surface area contributed by atoms with Gasteiger partial charge in [0, 0.05) is 24.6 Å². The molecule has 0 atom stereocenters.